The summed E-state index contributed by atoms with van der Waals surface area (Å²) in [4.78, 5) is 23.9. The molecule has 0 bridgehead atoms. The molecule has 0 aliphatic rings. The van der Waals surface area contributed by atoms with Crippen LogP contribution in [0.25, 0.3) is 0 Å². The Morgan fingerprint density at radius 1 is 1.00 bits per heavy atom. The maximum Gasteiger partial charge on any atom is 0.225 e. The fourth-order valence-electron chi connectivity index (χ4n) is 1.76. The van der Waals surface area contributed by atoms with E-state index >= 15 is 0 Å². The number of hydrogen-bond donors (Lipinski definition) is 1. The summed E-state index contributed by atoms with van der Waals surface area (Å²) in [6.45, 7) is 0. The van der Waals surface area contributed by atoms with Crippen LogP contribution < -0.4 is 10.4 Å². The van der Waals surface area contributed by atoms with E-state index in [2.05, 4.69) is 5.32 Å². The van der Waals surface area contributed by atoms with Gasteiger partial charge in [0.1, 0.15) is 0 Å². The number of aromatic carboxylic acids is 1. The van der Waals surface area contributed by atoms with Gasteiger partial charge in [-0.3, -0.25) is 4.79 Å². The number of anilines is 1. The van der Waals surface area contributed by atoms with E-state index in [0.29, 0.717) is 12.2 Å². The number of para-hydroxylation sites is 1. The van der Waals surface area contributed by atoms with Crippen molar-refractivity contribution in [3.63, 3.8) is 0 Å². The van der Waals surface area contributed by atoms with Crippen molar-refractivity contribution < 1.29 is 14.7 Å². The molecule has 1 amide bonds. The third-order valence-electron chi connectivity index (χ3n) is 2.76. The Bertz CT molecular complexity index is 628. The molecule has 0 saturated heterocycles. The molecule has 108 valence electrons. The quantitative estimate of drug-likeness (QED) is 0.830. The summed E-state index contributed by atoms with van der Waals surface area (Å²) >= 11 is 1.58. The molecule has 2 aromatic carbocycles. The maximum atomic E-state index is 11.8. The second kappa shape index (κ2) is 7.50. The number of carboxylic acid groups (broad SMARTS) is 1. The predicted octanol–water partition coefficient (Wildman–Crippen LogP) is 2.17. The van der Waals surface area contributed by atoms with Crippen LogP contribution in [0.5, 0.6) is 0 Å². The van der Waals surface area contributed by atoms with Gasteiger partial charge in [0.05, 0.1) is 5.97 Å². The van der Waals surface area contributed by atoms with Gasteiger partial charge in [-0.15, -0.1) is 11.8 Å². The number of hydrogen-bond acceptors (Lipinski definition) is 4. The number of thioether (sulfide) groups is 1. The standard InChI is InChI=1S/C16H15NO3S/c18-15(10-11-21-12-6-2-1-3-7-12)17-14-9-5-4-8-13(14)16(19)20/h1-9H,10-11H2,(H,17,18)(H,19,20)/p-1. The zero-order valence-corrected chi connectivity index (χ0v) is 12.1. The highest BCUT2D eigenvalue weighted by Gasteiger charge is 2.07. The number of carbonyl (C=O) groups excluding carboxylic acids is 2. The van der Waals surface area contributed by atoms with Gasteiger partial charge in [0.25, 0.3) is 0 Å². The minimum atomic E-state index is -1.30. The molecule has 2 rings (SSSR count). The van der Waals surface area contributed by atoms with Gasteiger partial charge in [-0.05, 0) is 18.2 Å². The summed E-state index contributed by atoms with van der Waals surface area (Å²) in [6.07, 6.45) is 0.306. The van der Waals surface area contributed by atoms with E-state index in [1.54, 1.807) is 30.0 Å². The molecule has 0 saturated carbocycles. The third-order valence-corrected chi connectivity index (χ3v) is 3.78. The molecule has 2 aromatic rings. The Morgan fingerprint density at radius 3 is 2.38 bits per heavy atom. The van der Waals surface area contributed by atoms with E-state index in [9.17, 15) is 14.7 Å². The number of carbonyl (C=O) groups is 2. The van der Waals surface area contributed by atoms with Gasteiger partial charge in [-0.25, -0.2) is 0 Å². The van der Waals surface area contributed by atoms with Crippen LogP contribution in [0, 0.1) is 0 Å². The first-order valence-electron chi connectivity index (χ1n) is 6.45. The van der Waals surface area contributed by atoms with Crippen molar-refractivity contribution in [2.75, 3.05) is 11.1 Å². The molecule has 0 radical (unpaired) electrons. The highest BCUT2D eigenvalue weighted by molar-refractivity contribution is 7.99. The van der Waals surface area contributed by atoms with E-state index in [1.807, 2.05) is 30.3 Å². The second-order valence-corrected chi connectivity index (χ2v) is 5.46. The molecular formula is C16H14NO3S-. The summed E-state index contributed by atoms with van der Waals surface area (Å²) in [5, 5.41) is 13.5. The highest BCUT2D eigenvalue weighted by atomic mass is 32.2. The van der Waals surface area contributed by atoms with E-state index in [1.165, 1.54) is 6.07 Å². The van der Waals surface area contributed by atoms with Crippen LogP contribution in [0.4, 0.5) is 5.69 Å². The zero-order valence-electron chi connectivity index (χ0n) is 11.2. The molecular weight excluding hydrogens is 286 g/mol. The van der Waals surface area contributed by atoms with Gasteiger partial charge in [0.15, 0.2) is 0 Å². The van der Waals surface area contributed by atoms with Crippen LogP contribution in [-0.2, 0) is 4.79 Å². The van der Waals surface area contributed by atoms with Crippen LogP contribution in [-0.4, -0.2) is 17.6 Å². The average Bonchev–Trinajstić information content (AvgIpc) is 2.48. The van der Waals surface area contributed by atoms with E-state index in [0.717, 1.165) is 4.90 Å². The SMILES string of the molecule is O=C(CCSc1ccccc1)Nc1ccccc1C(=O)[O-]. The molecule has 5 heteroatoms. The van der Waals surface area contributed by atoms with Gasteiger partial charge >= 0.3 is 0 Å². The lowest BCUT2D eigenvalue weighted by atomic mass is 10.2. The molecule has 0 aliphatic carbocycles. The minimum absolute atomic E-state index is 0.0124. The molecule has 0 aromatic heterocycles. The molecule has 0 aliphatic heterocycles. The van der Waals surface area contributed by atoms with Crippen LogP contribution in [0.1, 0.15) is 16.8 Å². The first kappa shape index (κ1) is 15.1. The van der Waals surface area contributed by atoms with Crippen molar-refractivity contribution in [3.05, 3.63) is 60.2 Å². The van der Waals surface area contributed by atoms with Crippen molar-refractivity contribution in [1.29, 1.82) is 0 Å². The normalized spacial score (nSPS) is 10.1. The number of benzene rings is 2. The number of amides is 1. The summed E-state index contributed by atoms with van der Waals surface area (Å²) in [5.41, 5.74) is 0.258. The molecule has 0 fully saturated rings. The predicted molar refractivity (Wildman–Crippen MR) is 81.2 cm³/mol. The summed E-state index contributed by atoms with van der Waals surface area (Å²) in [6, 6.07) is 16.0. The smallest absolute Gasteiger partial charge is 0.225 e. The van der Waals surface area contributed by atoms with Crippen LogP contribution >= 0.6 is 11.8 Å². The Balaban J connectivity index is 1.86. The van der Waals surface area contributed by atoms with Crippen LogP contribution in [0.15, 0.2) is 59.5 Å². The zero-order chi connectivity index (χ0) is 15.1. The van der Waals surface area contributed by atoms with Crippen LogP contribution in [0.3, 0.4) is 0 Å². The maximum absolute atomic E-state index is 11.8. The Morgan fingerprint density at radius 2 is 1.67 bits per heavy atom. The van der Waals surface area contributed by atoms with E-state index < -0.39 is 5.97 Å². The number of rotatable bonds is 6. The largest absolute Gasteiger partial charge is 0.545 e. The van der Waals surface area contributed by atoms with Crippen molar-refractivity contribution in [2.45, 2.75) is 11.3 Å². The van der Waals surface area contributed by atoms with Crippen molar-refractivity contribution >= 4 is 29.3 Å². The lowest BCUT2D eigenvalue weighted by Crippen LogP contribution is -2.24. The highest BCUT2D eigenvalue weighted by Crippen LogP contribution is 2.19. The lowest BCUT2D eigenvalue weighted by molar-refractivity contribution is -0.254. The first-order chi connectivity index (χ1) is 10.2. The van der Waals surface area contributed by atoms with Gasteiger partial charge in [-0.1, -0.05) is 36.4 Å². The summed E-state index contributed by atoms with van der Waals surface area (Å²) < 4.78 is 0. The molecule has 0 atom stereocenters. The van der Waals surface area contributed by atoms with Crippen molar-refractivity contribution in [3.8, 4) is 0 Å². The number of nitrogens with one attached hydrogen (secondary N) is 1. The molecule has 21 heavy (non-hydrogen) atoms. The van der Waals surface area contributed by atoms with Gasteiger partial charge < -0.3 is 15.2 Å². The molecule has 0 unspecified atom stereocenters. The summed E-state index contributed by atoms with van der Waals surface area (Å²) in [7, 11) is 0. The number of carboxylic acids is 1. The van der Waals surface area contributed by atoms with Crippen molar-refractivity contribution in [2.24, 2.45) is 0 Å². The fourth-order valence-corrected chi connectivity index (χ4v) is 2.63. The second-order valence-electron chi connectivity index (χ2n) is 4.29. The van der Waals surface area contributed by atoms with E-state index in [4.69, 9.17) is 0 Å². The molecule has 0 heterocycles. The van der Waals surface area contributed by atoms with E-state index in [-0.39, 0.29) is 17.2 Å². The Labute approximate surface area is 127 Å². The lowest BCUT2D eigenvalue weighted by Gasteiger charge is -2.11. The summed E-state index contributed by atoms with van der Waals surface area (Å²) in [5.74, 6) is -0.889. The monoisotopic (exact) mass is 300 g/mol. The van der Waals surface area contributed by atoms with Crippen molar-refractivity contribution in [1.82, 2.24) is 0 Å². The van der Waals surface area contributed by atoms with Crippen LogP contribution in [0.2, 0.25) is 0 Å². The third kappa shape index (κ3) is 4.65. The van der Waals surface area contributed by atoms with Gasteiger partial charge in [-0.2, -0.15) is 0 Å². The fraction of sp³-hybridized carbons (Fsp3) is 0.125. The van der Waals surface area contributed by atoms with Gasteiger partial charge in [0.2, 0.25) is 5.91 Å². The first-order valence-corrected chi connectivity index (χ1v) is 7.43. The van der Waals surface area contributed by atoms with Gasteiger partial charge in [0, 0.05) is 28.3 Å². The topological polar surface area (TPSA) is 69.2 Å². The molecule has 0 spiro atoms. The Hall–Kier alpha value is -2.27. The average molecular weight is 300 g/mol. The molecule has 1 N–H and O–H groups in total. The molecule has 4 nitrogen and oxygen atoms in total. The minimum Gasteiger partial charge on any atom is -0.545 e. The Kier molecular flexibility index (Phi) is 5.40.